The predicted molar refractivity (Wildman–Crippen MR) is 52.3 cm³/mol. The molecule has 0 atom stereocenters. The van der Waals surface area contributed by atoms with Gasteiger partial charge in [-0.15, -0.1) is 0 Å². The number of carboxylic acids is 1. The number of aromatic carboxylic acids is 1. The molecule has 1 N–H and O–H groups in total. The molecule has 0 heterocycles. The third-order valence-corrected chi connectivity index (χ3v) is 2.20. The molecule has 0 fully saturated rings. The highest BCUT2D eigenvalue weighted by molar-refractivity contribution is 5.90. The van der Waals surface area contributed by atoms with Gasteiger partial charge in [-0.25, -0.2) is 4.79 Å². The highest BCUT2D eigenvalue weighted by Gasteiger charge is 2.10. The molecular formula is C11H14O2. The van der Waals surface area contributed by atoms with Gasteiger partial charge in [-0.3, -0.25) is 0 Å². The Labute approximate surface area is 78.2 Å². The maximum Gasteiger partial charge on any atom is 0.335 e. The minimum Gasteiger partial charge on any atom is -0.478 e. The lowest BCUT2D eigenvalue weighted by atomic mass is 9.97. The summed E-state index contributed by atoms with van der Waals surface area (Å²) in [4.78, 5) is 10.9. The van der Waals surface area contributed by atoms with Crippen molar-refractivity contribution in [1.29, 1.82) is 0 Å². The predicted octanol–water partition coefficient (Wildman–Crippen LogP) is 2.56. The molecule has 0 saturated carbocycles. The van der Waals surface area contributed by atoms with Crippen LogP contribution in [0.1, 0.15) is 34.0 Å². The monoisotopic (exact) mass is 178 g/mol. The number of carbonyl (C=O) groups is 1. The van der Waals surface area contributed by atoms with E-state index in [1.54, 1.807) is 6.07 Å². The van der Waals surface area contributed by atoms with Crippen molar-refractivity contribution in [1.82, 2.24) is 0 Å². The second kappa shape index (κ2) is 3.60. The van der Waals surface area contributed by atoms with Gasteiger partial charge < -0.3 is 5.11 Å². The molecule has 70 valence electrons. The zero-order chi connectivity index (χ0) is 10.0. The lowest BCUT2D eigenvalue weighted by Gasteiger charge is -2.08. The second-order valence-corrected chi connectivity index (χ2v) is 3.27. The summed E-state index contributed by atoms with van der Waals surface area (Å²) in [5, 5.41) is 8.95. The quantitative estimate of drug-likeness (QED) is 0.755. The lowest BCUT2D eigenvalue weighted by Crippen LogP contribution is -2.04. The van der Waals surface area contributed by atoms with Crippen LogP contribution < -0.4 is 0 Å². The summed E-state index contributed by atoms with van der Waals surface area (Å²) in [5.41, 5.74) is 3.46. The van der Waals surface area contributed by atoms with Crippen LogP contribution in [0, 0.1) is 13.8 Å². The van der Waals surface area contributed by atoms with E-state index in [0.717, 1.165) is 23.1 Å². The summed E-state index contributed by atoms with van der Waals surface area (Å²) in [6.07, 6.45) is 0.772. The first kappa shape index (κ1) is 9.78. The van der Waals surface area contributed by atoms with Gasteiger partial charge in [-0.05, 0) is 43.0 Å². The van der Waals surface area contributed by atoms with Gasteiger partial charge in [0.15, 0.2) is 0 Å². The van der Waals surface area contributed by atoms with Crippen molar-refractivity contribution in [3.8, 4) is 0 Å². The topological polar surface area (TPSA) is 37.3 Å². The molecule has 0 aliphatic heterocycles. The van der Waals surface area contributed by atoms with Crippen molar-refractivity contribution in [3.63, 3.8) is 0 Å². The Hall–Kier alpha value is -1.31. The van der Waals surface area contributed by atoms with Gasteiger partial charge in [0.05, 0.1) is 5.56 Å². The lowest BCUT2D eigenvalue weighted by molar-refractivity contribution is 0.0695. The molecule has 0 saturated heterocycles. The number of aryl methyl sites for hydroxylation is 2. The van der Waals surface area contributed by atoms with E-state index >= 15 is 0 Å². The molecule has 0 spiro atoms. The van der Waals surface area contributed by atoms with E-state index in [9.17, 15) is 4.79 Å². The average molecular weight is 178 g/mol. The minimum atomic E-state index is -0.830. The summed E-state index contributed by atoms with van der Waals surface area (Å²) >= 11 is 0. The second-order valence-electron chi connectivity index (χ2n) is 3.27. The first-order chi connectivity index (χ1) is 6.06. The van der Waals surface area contributed by atoms with Gasteiger partial charge in [0.1, 0.15) is 0 Å². The Morgan fingerprint density at radius 2 is 2.00 bits per heavy atom. The van der Waals surface area contributed by atoms with E-state index in [-0.39, 0.29) is 0 Å². The van der Waals surface area contributed by atoms with Crippen LogP contribution >= 0.6 is 0 Å². The van der Waals surface area contributed by atoms with Gasteiger partial charge in [-0.1, -0.05) is 13.0 Å². The molecule has 1 aromatic carbocycles. The Morgan fingerprint density at radius 3 is 2.46 bits per heavy atom. The fourth-order valence-electron chi connectivity index (χ4n) is 1.66. The fourth-order valence-corrected chi connectivity index (χ4v) is 1.66. The number of rotatable bonds is 2. The van der Waals surface area contributed by atoms with Crippen LogP contribution in [0.3, 0.4) is 0 Å². The van der Waals surface area contributed by atoms with E-state index in [0.29, 0.717) is 5.56 Å². The van der Waals surface area contributed by atoms with Crippen LogP contribution in [0.15, 0.2) is 12.1 Å². The SMILES string of the molecule is CCc1c(C)cc(C)cc1C(=O)O. The van der Waals surface area contributed by atoms with Crippen LogP contribution in [-0.2, 0) is 6.42 Å². The largest absolute Gasteiger partial charge is 0.478 e. The molecule has 0 aliphatic carbocycles. The fraction of sp³-hybridized carbons (Fsp3) is 0.364. The van der Waals surface area contributed by atoms with Crippen LogP contribution in [0.4, 0.5) is 0 Å². The van der Waals surface area contributed by atoms with E-state index in [1.165, 1.54) is 0 Å². The van der Waals surface area contributed by atoms with Crippen molar-refractivity contribution in [2.75, 3.05) is 0 Å². The van der Waals surface area contributed by atoms with E-state index < -0.39 is 5.97 Å². The molecule has 1 aromatic rings. The van der Waals surface area contributed by atoms with Gasteiger partial charge in [0, 0.05) is 0 Å². The maximum atomic E-state index is 10.9. The minimum absolute atomic E-state index is 0.444. The molecule has 0 unspecified atom stereocenters. The van der Waals surface area contributed by atoms with Gasteiger partial charge in [0.25, 0.3) is 0 Å². The van der Waals surface area contributed by atoms with Crippen molar-refractivity contribution in [2.24, 2.45) is 0 Å². The Balaban J connectivity index is 3.38. The third kappa shape index (κ3) is 1.89. The highest BCUT2D eigenvalue weighted by Crippen LogP contribution is 2.17. The summed E-state index contributed by atoms with van der Waals surface area (Å²) in [7, 11) is 0. The molecule has 13 heavy (non-hydrogen) atoms. The van der Waals surface area contributed by atoms with Crippen LogP contribution in [0.5, 0.6) is 0 Å². The molecule has 0 aromatic heterocycles. The number of hydrogen-bond donors (Lipinski definition) is 1. The zero-order valence-electron chi connectivity index (χ0n) is 8.22. The van der Waals surface area contributed by atoms with Crippen LogP contribution in [0.25, 0.3) is 0 Å². The summed E-state index contributed by atoms with van der Waals surface area (Å²) in [6.45, 7) is 5.85. The first-order valence-electron chi connectivity index (χ1n) is 4.39. The number of hydrogen-bond acceptors (Lipinski definition) is 1. The standard InChI is InChI=1S/C11H14O2/c1-4-9-8(3)5-7(2)6-10(9)11(12)13/h5-6H,4H2,1-3H3,(H,12,13). The maximum absolute atomic E-state index is 10.9. The van der Waals surface area contributed by atoms with Gasteiger partial charge >= 0.3 is 5.97 Å². The van der Waals surface area contributed by atoms with Crippen molar-refractivity contribution in [2.45, 2.75) is 27.2 Å². The molecule has 0 bridgehead atoms. The van der Waals surface area contributed by atoms with E-state index in [4.69, 9.17) is 5.11 Å². The zero-order valence-corrected chi connectivity index (χ0v) is 8.22. The van der Waals surface area contributed by atoms with Crippen molar-refractivity contribution >= 4 is 5.97 Å². The molecule has 1 rings (SSSR count). The molecule has 0 amide bonds. The molecule has 0 radical (unpaired) electrons. The average Bonchev–Trinajstić information content (AvgIpc) is 2.02. The van der Waals surface area contributed by atoms with E-state index in [1.807, 2.05) is 26.8 Å². The summed E-state index contributed by atoms with van der Waals surface area (Å²) in [5.74, 6) is -0.830. The number of benzene rings is 1. The normalized spacial score (nSPS) is 10.1. The molecule has 0 aliphatic rings. The van der Waals surface area contributed by atoms with Crippen molar-refractivity contribution < 1.29 is 9.90 Å². The molecule has 2 heteroatoms. The smallest absolute Gasteiger partial charge is 0.335 e. The van der Waals surface area contributed by atoms with E-state index in [2.05, 4.69) is 0 Å². The van der Waals surface area contributed by atoms with Crippen LogP contribution in [0.2, 0.25) is 0 Å². The van der Waals surface area contributed by atoms with Gasteiger partial charge in [0.2, 0.25) is 0 Å². The summed E-state index contributed by atoms with van der Waals surface area (Å²) in [6, 6.07) is 3.75. The van der Waals surface area contributed by atoms with Crippen molar-refractivity contribution in [3.05, 3.63) is 34.4 Å². The third-order valence-electron chi connectivity index (χ3n) is 2.20. The molecular weight excluding hydrogens is 164 g/mol. The highest BCUT2D eigenvalue weighted by atomic mass is 16.4. The number of carboxylic acid groups (broad SMARTS) is 1. The van der Waals surface area contributed by atoms with Gasteiger partial charge in [-0.2, -0.15) is 0 Å². The van der Waals surface area contributed by atoms with Crippen LogP contribution in [-0.4, -0.2) is 11.1 Å². The Kier molecular flexibility index (Phi) is 2.71. The Bertz CT molecular complexity index is 340. The summed E-state index contributed by atoms with van der Waals surface area (Å²) < 4.78 is 0. The first-order valence-corrected chi connectivity index (χ1v) is 4.39. The molecule has 2 nitrogen and oxygen atoms in total. The Morgan fingerprint density at radius 1 is 1.38 bits per heavy atom.